The van der Waals surface area contributed by atoms with E-state index in [2.05, 4.69) is 107 Å². The number of para-hydroxylation sites is 2. The zero-order valence-electron chi connectivity index (χ0n) is 16.4. The Morgan fingerprint density at radius 2 is 1.19 bits per heavy atom. The van der Waals surface area contributed by atoms with Gasteiger partial charge in [-0.25, -0.2) is 0 Å². The van der Waals surface area contributed by atoms with Crippen LogP contribution in [0.5, 0.6) is 0 Å². The van der Waals surface area contributed by atoms with Crippen molar-refractivity contribution in [1.82, 2.24) is 14.2 Å². The Morgan fingerprint density at radius 1 is 0.613 bits per heavy atom. The molecule has 0 amide bonds. The Balaban J connectivity index is 0.00000185. The summed E-state index contributed by atoms with van der Waals surface area (Å²) in [5, 5.41) is 10.7. The standard InChI is InChI=1S/C27H16N3.Pt/c1-2-8-20-19(7-1)23-17-18(13-14-26(23)30-27(20)15-16-28-30)29-24-11-5-3-9-21(24)22-10-4-6-12-25(22)29;/h1-13,15-17H;/q-1;. The number of hydrogen-bond acceptors (Lipinski definition) is 1. The number of pyridine rings is 1. The van der Waals surface area contributed by atoms with Crippen LogP contribution in [0.4, 0.5) is 0 Å². The van der Waals surface area contributed by atoms with E-state index in [1.165, 1.54) is 32.6 Å². The van der Waals surface area contributed by atoms with E-state index in [-0.39, 0.29) is 21.1 Å². The molecule has 31 heavy (non-hydrogen) atoms. The molecule has 0 unspecified atom stereocenters. The van der Waals surface area contributed by atoms with Gasteiger partial charge in [-0.1, -0.05) is 77.1 Å². The smallest absolute Gasteiger partial charge is 0.0711 e. The molecular formula is C27H16N3Pt-. The molecule has 0 aliphatic carbocycles. The first-order valence-electron chi connectivity index (χ1n) is 10.1. The number of nitrogens with zero attached hydrogens (tertiary/aromatic N) is 3. The summed E-state index contributed by atoms with van der Waals surface area (Å²) in [7, 11) is 0. The summed E-state index contributed by atoms with van der Waals surface area (Å²) in [6, 6.07) is 35.7. The van der Waals surface area contributed by atoms with Crippen molar-refractivity contribution in [1.29, 1.82) is 0 Å². The van der Waals surface area contributed by atoms with Crippen LogP contribution >= 0.6 is 0 Å². The molecule has 0 saturated heterocycles. The molecule has 4 aromatic carbocycles. The van der Waals surface area contributed by atoms with E-state index in [0.717, 1.165) is 22.1 Å². The number of fused-ring (bicyclic) bond motifs is 9. The van der Waals surface area contributed by atoms with Crippen LogP contribution < -0.4 is 0 Å². The van der Waals surface area contributed by atoms with Crippen LogP contribution in [0.1, 0.15) is 0 Å². The SMILES string of the molecule is [Pt].[c-]1cc(-n2c3ccccc3c3ccccc32)cc2c3ccccc3c3ccnn3c12. The van der Waals surface area contributed by atoms with Gasteiger partial charge in [-0.2, -0.15) is 17.2 Å². The summed E-state index contributed by atoms with van der Waals surface area (Å²) in [6.45, 7) is 0. The Morgan fingerprint density at radius 3 is 1.87 bits per heavy atom. The summed E-state index contributed by atoms with van der Waals surface area (Å²) in [4.78, 5) is 0. The average Bonchev–Trinajstić information content (AvgIpc) is 3.42. The predicted octanol–water partition coefficient (Wildman–Crippen LogP) is 6.54. The third kappa shape index (κ3) is 2.47. The van der Waals surface area contributed by atoms with Crippen molar-refractivity contribution < 1.29 is 21.1 Å². The molecule has 0 fully saturated rings. The minimum absolute atomic E-state index is 0. The van der Waals surface area contributed by atoms with Gasteiger partial charge in [0.1, 0.15) is 0 Å². The van der Waals surface area contributed by atoms with Crippen molar-refractivity contribution >= 4 is 49.0 Å². The molecule has 0 saturated carbocycles. The van der Waals surface area contributed by atoms with Gasteiger partial charge in [0.05, 0.1) is 5.52 Å². The first kappa shape index (κ1) is 18.4. The van der Waals surface area contributed by atoms with E-state index in [1.54, 1.807) is 0 Å². The van der Waals surface area contributed by atoms with Crippen LogP contribution in [0.15, 0.2) is 97.2 Å². The van der Waals surface area contributed by atoms with Crippen LogP contribution in [0.3, 0.4) is 0 Å². The number of rotatable bonds is 1. The maximum absolute atomic E-state index is 4.57. The van der Waals surface area contributed by atoms with E-state index < -0.39 is 0 Å². The molecule has 3 aromatic heterocycles. The van der Waals surface area contributed by atoms with Gasteiger partial charge in [0, 0.05) is 49.1 Å². The molecule has 0 aliphatic heterocycles. The maximum atomic E-state index is 4.57. The van der Waals surface area contributed by atoms with Gasteiger partial charge in [-0.15, -0.1) is 6.07 Å². The fourth-order valence-corrected chi connectivity index (χ4v) is 4.82. The van der Waals surface area contributed by atoms with Crippen LogP contribution in [-0.4, -0.2) is 14.2 Å². The van der Waals surface area contributed by atoms with Crippen molar-refractivity contribution in [3.8, 4) is 5.69 Å². The monoisotopic (exact) mass is 577 g/mol. The Kier molecular flexibility index (Phi) is 4.02. The Bertz CT molecular complexity index is 1700. The predicted molar refractivity (Wildman–Crippen MR) is 123 cm³/mol. The molecule has 7 aromatic rings. The van der Waals surface area contributed by atoms with E-state index in [0.29, 0.717) is 0 Å². The van der Waals surface area contributed by atoms with E-state index >= 15 is 0 Å². The molecule has 7 rings (SSSR count). The average molecular weight is 578 g/mol. The Labute approximate surface area is 192 Å². The molecule has 3 heterocycles. The summed E-state index contributed by atoms with van der Waals surface area (Å²) >= 11 is 0. The van der Waals surface area contributed by atoms with Crippen molar-refractivity contribution in [3.63, 3.8) is 0 Å². The molecule has 0 N–H and O–H groups in total. The maximum Gasteiger partial charge on any atom is 0.0711 e. The fraction of sp³-hybridized carbons (Fsp3) is 0. The van der Waals surface area contributed by atoms with Gasteiger partial charge in [-0.3, -0.25) is 4.52 Å². The van der Waals surface area contributed by atoms with Crippen molar-refractivity contribution in [2.45, 2.75) is 0 Å². The van der Waals surface area contributed by atoms with E-state index in [1.807, 2.05) is 10.7 Å². The van der Waals surface area contributed by atoms with Crippen LogP contribution in [0.2, 0.25) is 0 Å². The van der Waals surface area contributed by atoms with Gasteiger partial charge in [0.15, 0.2) is 0 Å². The van der Waals surface area contributed by atoms with Crippen molar-refractivity contribution in [3.05, 3.63) is 103 Å². The van der Waals surface area contributed by atoms with Crippen molar-refractivity contribution in [2.24, 2.45) is 0 Å². The van der Waals surface area contributed by atoms with Gasteiger partial charge in [0.25, 0.3) is 0 Å². The molecule has 0 radical (unpaired) electrons. The van der Waals surface area contributed by atoms with Gasteiger partial charge in [0.2, 0.25) is 0 Å². The molecule has 0 atom stereocenters. The topological polar surface area (TPSA) is 22.2 Å². The molecule has 150 valence electrons. The second-order valence-corrected chi connectivity index (χ2v) is 7.66. The number of benzene rings is 4. The van der Waals surface area contributed by atoms with Gasteiger partial charge >= 0.3 is 0 Å². The second-order valence-electron chi connectivity index (χ2n) is 7.66. The second kappa shape index (κ2) is 6.80. The first-order chi connectivity index (χ1) is 14.9. The van der Waals surface area contributed by atoms with Crippen LogP contribution in [-0.2, 0) is 21.1 Å². The minimum atomic E-state index is 0. The third-order valence-corrected chi connectivity index (χ3v) is 6.09. The summed E-state index contributed by atoms with van der Waals surface area (Å²) in [5.41, 5.74) is 5.63. The zero-order valence-corrected chi connectivity index (χ0v) is 18.7. The number of aromatic nitrogens is 3. The molecule has 4 heteroatoms. The van der Waals surface area contributed by atoms with E-state index in [9.17, 15) is 0 Å². The van der Waals surface area contributed by atoms with Crippen LogP contribution in [0, 0.1) is 6.07 Å². The van der Waals surface area contributed by atoms with Crippen molar-refractivity contribution in [2.75, 3.05) is 0 Å². The number of hydrogen-bond donors (Lipinski definition) is 0. The van der Waals surface area contributed by atoms with Crippen LogP contribution in [0.25, 0.3) is 54.7 Å². The zero-order chi connectivity index (χ0) is 19.7. The molecular weight excluding hydrogens is 561 g/mol. The normalized spacial score (nSPS) is 11.6. The molecule has 0 aliphatic rings. The molecule has 0 spiro atoms. The fourth-order valence-electron chi connectivity index (χ4n) is 4.82. The molecule has 3 nitrogen and oxygen atoms in total. The van der Waals surface area contributed by atoms with Gasteiger partial charge in [-0.05, 0) is 29.1 Å². The molecule has 0 bridgehead atoms. The first-order valence-corrected chi connectivity index (χ1v) is 10.1. The summed E-state index contributed by atoms with van der Waals surface area (Å²) in [6.07, 6.45) is 1.86. The quantitative estimate of drug-likeness (QED) is 0.161. The Hall–Kier alpha value is -3.42. The summed E-state index contributed by atoms with van der Waals surface area (Å²) < 4.78 is 4.33. The summed E-state index contributed by atoms with van der Waals surface area (Å²) in [5.74, 6) is 0. The third-order valence-electron chi connectivity index (χ3n) is 6.09. The van der Waals surface area contributed by atoms with E-state index in [4.69, 9.17) is 0 Å². The largest absolute Gasteiger partial charge is 0.364 e. The minimum Gasteiger partial charge on any atom is -0.364 e. The van der Waals surface area contributed by atoms with Gasteiger partial charge < -0.3 is 4.57 Å².